The van der Waals surface area contributed by atoms with Crippen LogP contribution in [0.25, 0.3) is 11.1 Å². The number of carbonyl (C=O) groups excluding carboxylic acids is 1. The highest BCUT2D eigenvalue weighted by Crippen LogP contribution is 2.22. The molecule has 1 N–H and O–H groups in total. The van der Waals surface area contributed by atoms with Gasteiger partial charge in [-0.1, -0.05) is 42.5 Å². The lowest BCUT2D eigenvalue weighted by Gasteiger charge is -2.32. The molecule has 0 spiro atoms. The van der Waals surface area contributed by atoms with E-state index in [1.165, 1.54) is 5.56 Å². The van der Waals surface area contributed by atoms with Crippen LogP contribution in [0.3, 0.4) is 0 Å². The molecule has 1 saturated heterocycles. The summed E-state index contributed by atoms with van der Waals surface area (Å²) in [5.74, 6) is 0.650. The van der Waals surface area contributed by atoms with Crippen molar-refractivity contribution < 1.29 is 19.4 Å². The van der Waals surface area contributed by atoms with Gasteiger partial charge >= 0.3 is 5.97 Å². The minimum atomic E-state index is -0.562. The number of ether oxygens (including phenoxy) is 2. The fraction of sp³-hybridized carbons (Fsp3) is 0.435. The molecule has 2 aromatic rings. The van der Waals surface area contributed by atoms with Crippen LogP contribution in [0.4, 0.5) is 0 Å². The maximum absolute atomic E-state index is 11.8. The molecule has 0 bridgehead atoms. The second kappa shape index (κ2) is 10.2. The van der Waals surface area contributed by atoms with Crippen LogP contribution in [0.5, 0.6) is 5.75 Å². The Hall–Kier alpha value is -2.37. The number of likely N-dealkylation sites (tertiary alicyclic amines) is 1. The first kappa shape index (κ1) is 20.4. The summed E-state index contributed by atoms with van der Waals surface area (Å²) in [6.45, 7) is 4.67. The molecule has 1 fully saturated rings. The molecular formula is C23H29NO4. The van der Waals surface area contributed by atoms with Crippen LogP contribution in [0.15, 0.2) is 54.6 Å². The summed E-state index contributed by atoms with van der Waals surface area (Å²) in [7, 11) is 0. The van der Waals surface area contributed by atoms with Crippen molar-refractivity contribution in [2.24, 2.45) is 5.92 Å². The summed E-state index contributed by atoms with van der Waals surface area (Å²) in [5, 5.41) is 10.3. The van der Waals surface area contributed by atoms with Crippen LogP contribution in [-0.2, 0) is 9.53 Å². The van der Waals surface area contributed by atoms with Gasteiger partial charge in [-0.25, -0.2) is 0 Å². The highest BCUT2D eigenvalue weighted by molar-refractivity contribution is 5.72. The van der Waals surface area contributed by atoms with Crippen molar-refractivity contribution in [3.8, 4) is 16.9 Å². The van der Waals surface area contributed by atoms with Crippen molar-refractivity contribution in [1.29, 1.82) is 0 Å². The van der Waals surface area contributed by atoms with Gasteiger partial charge in [0.2, 0.25) is 0 Å². The van der Waals surface area contributed by atoms with Gasteiger partial charge in [0, 0.05) is 6.54 Å². The van der Waals surface area contributed by atoms with Crippen LogP contribution in [0.1, 0.15) is 19.8 Å². The molecule has 0 saturated carbocycles. The Morgan fingerprint density at radius 2 is 1.71 bits per heavy atom. The predicted molar refractivity (Wildman–Crippen MR) is 109 cm³/mol. The van der Waals surface area contributed by atoms with Crippen molar-refractivity contribution in [1.82, 2.24) is 4.90 Å². The molecule has 150 valence electrons. The maximum atomic E-state index is 11.8. The third-order valence-corrected chi connectivity index (χ3v) is 5.08. The van der Waals surface area contributed by atoms with Gasteiger partial charge in [-0.15, -0.1) is 0 Å². The summed E-state index contributed by atoms with van der Waals surface area (Å²) in [6.07, 6.45) is 1.01. The van der Waals surface area contributed by atoms with Crippen LogP contribution in [-0.4, -0.2) is 54.9 Å². The first-order valence-corrected chi connectivity index (χ1v) is 10.0. The molecule has 1 aliphatic heterocycles. The van der Waals surface area contributed by atoms with E-state index in [9.17, 15) is 9.90 Å². The predicted octanol–water partition coefficient (Wildman–Crippen LogP) is 3.37. The minimum absolute atomic E-state index is 0.00674. The van der Waals surface area contributed by atoms with Crippen LogP contribution < -0.4 is 4.74 Å². The molecular weight excluding hydrogens is 354 g/mol. The summed E-state index contributed by atoms with van der Waals surface area (Å²) >= 11 is 0. The third kappa shape index (κ3) is 5.81. The lowest BCUT2D eigenvalue weighted by Crippen LogP contribution is -2.42. The largest absolute Gasteiger partial charge is 0.491 e. The van der Waals surface area contributed by atoms with E-state index in [0.29, 0.717) is 13.2 Å². The van der Waals surface area contributed by atoms with Crippen LogP contribution >= 0.6 is 0 Å². The van der Waals surface area contributed by atoms with Gasteiger partial charge in [-0.2, -0.15) is 0 Å². The number of aliphatic hydroxyl groups excluding tert-OH is 1. The number of hydrogen-bond acceptors (Lipinski definition) is 5. The molecule has 0 radical (unpaired) electrons. The standard InChI is InChI=1S/C23H29NO4/c1-2-27-23(26)20-12-14-24(15-13-20)16-21(25)17-28-22-10-8-19(9-11-22)18-6-4-3-5-7-18/h3-11,20-21,25H,2,12-17H2,1H3. The van der Waals surface area contributed by atoms with E-state index in [1.807, 2.05) is 49.4 Å². The van der Waals surface area contributed by atoms with E-state index < -0.39 is 6.10 Å². The molecule has 3 rings (SSSR count). The van der Waals surface area contributed by atoms with Crippen molar-refractivity contribution in [2.45, 2.75) is 25.9 Å². The zero-order valence-corrected chi connectivity index (χ0v) is 16.4. The van der Waals surface area contributed by atoms with E-state index in [2.05, 4.69) is 17.0 Å². The van der Waals surface area contributed by atoms with E-state index in [-0.39, 0.29) is 18.5 Å². The minimum Gasteiger partial charge on any atom is -0.491 e. The first-order valence-electron chi connectivity index (χ1n) is 10.0. The number of benzene rings is 2. The number of hydrogen-bond donors (Lipinski definition) is 1. The van der Waals surface area contributed by atoms with Crippen molar-refractivity contribution in [3.05, 3.63) is 54.6 Å². The molecule has 0 aliphatic carbocycles. The third-order valence-electron chi connectivity index (χ3n) is 5.08. The molecule has 0 aromatic heterocycles. The van der Waals surface area contributed by atoms with Crippen LogP contribution in [0.2, 0.25) is 0 Å². The number of aliphatic hydroxyl groups is 1. The van der Waals surface area contributed by atoms with Gasteiger partial charge in [0.25, 0.3) is 0 Å². The average molecular weight is 383 g/mol. The quantitative estimate of drug-likeness (QED) is 0.709. The topological polar surface area (TPSA) is 59.0 Å². The van der Waals surface area contributed by atoms with Crippen molar-refractivity contribution in [3.63, 3.8) is 0 Å². The monoisotopic (exact) mass is 383 g/mol. The fourth-order valence-corrected chi connectivity index (χ4v) is 3.53. The van der Waals surface area contributed by atoms with E-state index in [1.54, 1.807) is 0 Å². The Balaban J connectivity index is 1.40. The number of carbonyl (C=O) groups is 1. The molecule has 1 heterocycles. The summed E-state index contributed by atoms with van der Waals surface area (Å²) in [4.78, 5) is 14.0. The Morgan fingerprint density at radius 1 is 1.07 bits per heavy atom. The molecule has 5 nitrogen and oxygen atoms in total. The zero-order valence-electron chi connectivity index (χ0n) is 16.4. The van der Waals surface area contributed by atoms with Gasteiger partial charge in [-0.05, 0) is 56.1 Å². The second-order valence-corrected chi connectivity index (χ2v) is 7.18. The number of nitrogens with zero attached hydrogens (tertiary/aromatic N) is 1. The number of β-amino-alcohol motifs (C(OH)–C–C–N with tert-alkyl or cyclic N) is 1. The molecule has 1 atom stereocenters. The van der Waals surface area contributed by atoms with Gasteiger partial charge < -0.3 is 19.5 Å². The smallest absolute Gasteiger partial charge is 0.309 e. The Labute approximate surface area is 166 Å². The second-order valence-electron chi connectivity index (χ2n) is 7.18. The average Bonchev–Trinajstić information content (AvgIpc) is 2.74. The molecule has 28 heavy (non-hydrogen) atoms. The van der Waals surface area contributed by atoms with E-state index >= 15 is 0 Å². The van der Waals surface area contributed by atoms with Crippen molar-refractivity contribution >= 4 is 5.97 Å². The van der Waals surface area contributed by atoms with Gasteiger partial charge in [0.1, 0.15) is 18.5 Å². The molecule has 1 aliphatic rings. The first-order chi connectivity index (χ1) is 13.7. The lowest BCUT2D eigenvalue weighted by atomic mass is 9.97. The van der Waals surface area contributed by atoms with Crippen LogP contribution in [0, 0.1) is 5.92 Å². The normalized spacial score (nSPS) is 16.5. The zero-order chi connectivity index (χ0) is 19.8. The number of esters is 1. The summed E-state index contributed by atoms with van der Waals surface area (Å²) < 4.78 is 10.8. The highest BCUT2D eigenvalue weighted by Gasteiger charge is 2.26. The Morgan fingerprint density at radius 3 is 2.36 bits per heavy atom. The highest BCUT2D eigenvalue weighted by atomic mass is 16.5. The van der Waals surface area contributed by atoms with E-state index in [0.717, 1.165) is 37.2 Å². The Bertz CT molecular complexity index is 724. The molecule has 1 unspecified atom stereocenters. The molecule has 5 heteroatoms. The van der Waals surface area contributed by atoms with Gasteiger partial charge in [0.05, 0.1) is 12.5 Å². The number of rotatable bonds is 8. The van der Waals surface area contributed by atoms with E-state index in [4.69, 9.17) is 9.47 Å². The fourth-order valence-electron chi connectivity index (χ4n) is 3.53. The van der Waals surface area contributed by atoms with Crippen molar-refractivity contribution in [2.75, 3.05) is 32.8 Å². The SMILES string of the molecule is CCOC(=O)C1CCN(CC(O)COc2ccc(-c3ccccc3)cc2)CC1. The summed E-state index contributed by atoms with van der Waals surface area (Å²) in [6, 6.07) is 18.1. The maximum Gasteiger partial charge on any atom is 0.309 e. The summed E-state index contributed by atoms with van der Waals surface area (Å²) in [5.41, 5.74) is 2.30. The number of piperidine rings is 1. The molecule has 0 amide bonds. The Kier molecular flexibility index (Phi) is 7.46. The lowest BCUT2D eigenvalue weighted by molar-refractivity contribution is -0.149. The van der Waals surface area contributed by atoms with Gasteiger partial charge in [0.15, 0.2) is 0 Å². The molecule has 2 aromatic carbocycles. The van der Waals surface area contributed by atoms with Gasteiger partial charge in [-0.3, -0.25) is 4.79 Å².